The van der Waals surface area contributed by atoms with Gasteiger partial charge in [-0.1, -0.05) is 11.3 Å². The van der Waals surface area contributed by atoms with Crippen molar-refractivity contribution in [3.05, 3.63) is 4.88 Å². The minimum Gasteiger partial charge on any atom is -0.480 e. The van der Waals surface area contributed by atoms with E-state index in [0.717, 1.165) is 5.13 Å². The minimum absolute atomic E-state index is 0.0470. The quantitative estimate of drug-likeness (QED) is 0.836. The number of thiazole rings is 1. The van der Waals surface area contributed by atoms with Crippen LogP contribution in [0.1, 0.15) is 17.4 Å². The highest BCUT2D eigenvalue weighted by Crippen LogP contribution is 2.36. The first-order valence-electron chi connectivity index (χ1n) is 4.37. The van der Waals surface area contributed by atoms with E-state index in [1.165, 1.54) is 18.4 Å². The van der Waals surface area contributed by atoms with Crippen LogP contribution in [0.25, 0.3) is 0 Å². The van der Waals surface area contributed by atoms with Gasteiger partial charge in [0.05, 0.1) is 24.5 Å². The predicted octanol–water partition coefficient (Wildman–Crippen LogP) is 1.16. The first-order valence-corrected chi connectivity index (χ1v) is 5.18. The number of rotatable bonds is 4. The van der Waals surface area contributed by atoms with E-state index in [4.69, 9.17) is 10.00 Å². The summed E-state index contributed by atoms with van der Waals surface area (Å²) in [6.07, 6.45) is -0.776. The van der Waals surface area contributed by atoms with Crippen LogP contribution in [0.5, 0.6) is 5.88 Å². The van der Waals surface area contributed by atoms with Crippen molar-refractivity contribution in [1.29, 1.82) is 5.26 Å². The lowest BCUT2D eigenvalue weighted by Gasteiger charge is -2.05. The van der Waals surface area contributed by atoms with Gasteiger partial charge in [0.25, 0.3) is 0 Å². The van der Waals surface area contributed by atoms with Crippen molar-refractivity contribution in [1.82, 2.24) is 4.98 Å². The molecule has 15 heavy (non-hydrogen) atoms. The summed E-state index contributed by atoms with van der Waals surface area (Å²) in [4.78, 5) is 6.61. The fourth-order valence-corrected chi connectivity index (χ4v) is 1.98. The molecule has 0 spiro atoms. The molecule has 0 bridgehead atoms. The zero-order valence-electron chi connectivity index (χ0n) is 8.89. The van der Waals surface area contributed by atoms with Crippen LogP contribution in [0.4, 0.5) is 5.13 Å². The Bertz CT molecular complexity index is 370. The van der Waals surface area contributed by atoms with E-state index in [1.807, 2.05) is 25.1 Å². The number of hydrogen-bond donors (Lipinski definition) is 1. The second kappa shape index (κ2) is 4.96. The van der Waals surface area contributed by atoms with Crippen molar-refractivity contribution in [2.45, 2.75) is 12.5 Å². The lowest BCUT2D eigenvalue weighted by Crippen LogP contribution is -2.07. The van der Waals surface area contributed by atoms with E-state index in [1.54, 1.807) is 0 Å². The van der Waals surface area contributed by atoms with Crippen LogP contribution in [0.15, 0.2) is 0 Å². The zero-order chi connectivity index (χ0) is 11.4. The molecule has 1 unspecified atom stereocenters. The number of methoxy groups -OCH3 is 1. The maximum Gasteiger partial charge on any atom is 0.232 e. The summed E-state index contributed by atoms with van der Waals surface area (Å²) >= 11 is 1.33. The molecule has 0 aliphatic rings. The van der Waals surface area contributed by atoms with Gasteiger partial charge >= 0.3 is 0 Å². The summed E-state index contributed by atoms with van der Waals surface area (Å²) in [5.41, 5.74) is 0. The number of nitriles is 1. The van der Waals surface area contributed by atoms with Gasteiger partial charge in [-0.25, -0.2) is 0 Å². The highest BCUT2D eigenvalue weighted by molar-refractivity contribution is 7.16. The lowest BCUT2D eigenvalue weighted by molar-refractivity contribution is 0.182. The van der Waals surface area contributed by atoms with Crippen molar-refractivity contribution in [3.63, 3.8) is 0 Å². The minimum atomic E-state index is -0.823. The Balaban J connectivity index is 3.00. The smallest absolute Gasteiger partial charge is 0.232 e. The van der Waals surface area contributed by atoms with Gasteiger partial charge in [-0.3, -0.25) is 0 Å². The number of nitrogens with zero attached hydrogens (tertiary/aromatic N) is 3. The molecular formula is C9H13N3O2S. The van der Waals surface area contributed by atoms with E-state index in [-0.39, 0.29) is 6.42 Å². The molecule has 0 amide bonds. The Morgan fingerprint density at radius 1 is 1.67 bits per heavy atom. The molecule has 1 aromatic heterocycles. The van der Waals surface area contributed by atoms with Gasteiger partial charge in [0.1, 0.15) is 6.10 Å². The Kier molecular flexibility index (Phi) is 3.88. The first-order chi connectivity index (χ1) is 7.10. The molecule has 0 fully saturated rings. The first kappa shape index (κ1) is 11.8. The van der Waals surface area contributed by atoms with Crippen molar-refractivity contribution >= 4 is 16.5 Å². The summed E-state index contributed by atoms with van der Waals surface area (Å²) in [5, 5.41) is 18.9. The summed E-state index contributed by atoms with van der Waals surface area (Å²) in [7, 11) is 5.22. The number of ether oxygens (including phenoxy) is 1. The maximum absolute atomic E-state index is 9.68. The van der Waals surface area contributed by atoms with E-state index in [2.05, 4.69) is 4.98 Å². The van der Waals surface area contributed by atoms with E-state index < -0.39 is 6.10 Å². The monoisotopic (exact) mass is 227 g/mol. The highest BCUT2D eigenvalue weighted by atomic mass is 32.1. The lowest BCUT2D eigenvalue weighted by atomic mass is 10.2. The van der Waals surface area contributed by atoms with Gasteiger partial charge < -0.3 is 14.7 Å². The van der Waals surface area contributed by atoms with Crippen LogP contribution >= 0.6 is 11.3 Å². The number of aliphatic hydroxyl groups is 1. The molecule has 0 aliphatic carbocycles. The van der Waals surface area contributed by atoms with Crippen LogP contribution in [-0.2, 0) is 0 Å². The van der Waals surface area contributed by atoms with Crippen LogP contribution < -0.4 is 9.64 Å². The van der Waals surface area contributed by atoms with E-state index in [9.17, 15) is 5.11 Å². The summed E-state index contributed by atoms with van der Waals surface area (Å²) in [5.74, 6) is 0.395. The van der Waals surface area contributed by atoms with Gasteiger partial charge in [0.2, 0.25) is 5.88 Å². The average molecular weight is 227 g/mol. The predicted molar refractivity (Wildman–Crippen MR) is 58.2 cm³/mol. The molecule has 0 aliphatic heterocycles. The Hall–Kier alpha value is -1.32. The molecule has 0 aromatic carbocycles. The number of anilines is 1. The van der Waals surface area contributed by atoms with Crippen LogP contribution in [0, 0.1) is 11.3 Å². The molecule has 0 radical (unpaired) electrons. The Morgan fingerprint density at radius 2 is 2.33 bits per heavy atom. The van der Waals surface area contributed by atoms with Crippen LogP contribution in [0.2, 0.25) is 0 Å². The van der Waals surface area contributed by atoms with Crippen molar-refractivity contribution < 1.29 is 9.84 Å². The molecule has 6 heteroatoms. The van der Waals surface area contributed by atoms with Gasteiger partial charge in [-0.2, -0.15) is 10.2 Å². The zero-order valence-corrected chi connectivity index (χ0v) is 9.71. The second-order valence-corrected chi connectivity index (χ2v) is 4.15. The summed E-state index contributed by atoms with van der Waals surface area (Å²) in [6, 6.07) is 1.92. The molecule has 1 heterocycles. The maximum atomic E-state index is 9.68. The molecule has 82 valence electrons. The third-order valence-electron chi connectivity index (χ3n) is 1.77. The standard InChI is InChI=1S/C9H13N3O2S/c1-12(2)9-11-8(14-3)7(15-9)6(13)4-5-10/h6,13H,4H2,1-3H3. The molecule has 1 atom stereocenters. The van der Waals surface area contributed by atoms with Crippen LogP contribution in [-0.4, -0.2) is 31.3 Å². The Morgan fingerprint density at radius 3 is 2.80 bits per heavy atom. The van der Waals surface area contributed by atoms with Gasteiger partial charge in [0, 0.05) is 14.1 Å². The molecule has 5 nitrogen and oxygen atoms in total. The molecule has 1 N–H and O–H groups in total. The summed E-state index contributed by atoms with van der Waals surface area (Å²) in [6.45, 7) is 0. The van der Waals surface area contributed by atoms with Crippen molar-refractivity contribution in [3.8, 4) is 11.9 Å². The van der Waals surface area contributed by atoms with Gasteiger partial charge in [-0.15, -0.1) is 0 Å². The van der Waals surface area contributed by atoms with E-state index in [0.29, 0.717) is 10.8 Å². The van der Waals surface area contributed by atoms with Gasteiger partial charge in [0.15, 0.2) is 5.13 Å². The second-order valence-electron chi connectivity index (χ2n) is 3.14. The number of aromatic nitrogens is 1. The summed E-state index contributed by atoms with van der Waals surface area (Å²) < 4.78 is 5.05. The van der Waals surface area contributed by atoms with E-state index >= 15 is 0 Å². The molecule has 1 rings (SSSR count). The number of hydrogen-bond acceptors (Lipinski definition) is 6. The topological polar surface area (TPSA) is 69.4 Å². The van der Waals surface area contributed by atoms with Crippen LogP contribution in [0.3, 0.4) is 0 Å². The fourth-order valence-electron chi connectivity index (χ4n) is 1.03. The molecule has 0 saturated heterocycles. The molecule has 0 saturated carbocycles. The van der Waals surface area contributed by atoms with Gasteiger partial charge in [-0.05, 0) is 0 Å². The third kappa shape index (κ3) is 2.58. The van der Waals surface area contributed by atoms with Crippen molar-refractivity contribution in [2.24, 2.45) is 0 Å². The third-order valence-corrected chi connectivity index (χ3v) is 3.08. The number of aliphatic hydroxyl groups excluding tert-OH is 1. The molecule has 1 aromatic rings. The molecular weight excluding hydrogens is 214 g/mol. The largest absolute Gasteiger partial charge is 0.480 e. The Labute approximate surface area is 92.5 Å². The average Bonchev–Trinajstić information content (AvgIpc) is 2.61. The highest BCUT2D eigenvalue weighted by Gasteiger charge is 2.19. The SMILES string of the molecule is COc1nc(N(C)C)sc1C(O)CC#N. The fraction of sp³-hybridized carbons (Fsp3) is 0.556. The van der Waals surface area contributed by atoms with Crippen molar-refractivity contribution in [2.75, 3.05) is 26.1 Å². The normalized spacial score (nSPS) is 11.9.